The SMILES string of the molecule is Cc1c(-n2c3ccccc3c3cc(-n4c5ccccc5c5ccccc54)ccc32)ccc(-c2c(F)cccc2F)c1-n1c2ccccc2c2cc(-n3c4ccccc4c4ccccc43)ccc21. The molecule has 4 aromatic heterocycles. The Morgan fingerprint density at radius 2 is 0.642 bits per heavy atom. The van der Waals surface area contributed by atoms with Crippen LogP contribution in [0.1, 0.15) is 5.56 Å². The van der Waals surface area contributed by atoms with E-state index < -0.39 is 11.6 Å². The molecule has 0 aliphatic heterocycles. The molecule has 4 nitrogen and oxygen atoms in total. The molecule has 14 aromatic rings. The molecule has 0 amide bonds. The van der Waals surface area contributed by atoms with Gasteiger partial charge in [-0.3, -0.25) is 0 Å². The van der Waals surface area contributed by atoms with Crippen LogP contribution in [-0.2, 0) is 0 Å². The first-order chi connectivity index (χ1) is 33.0. The van der Waals surface area contributed by atoms with Crippen LogP contribution >= 0.6 is 0 Å². The van der Waals surface area contributed by atoms with E-state index in [0.29, 0.717) is 11.3 Å². The minimum atomic E-state index is -0.614. The number of fused-ring (bicyclic) bond motifs is 12. The van der Waals surface area contributed by atoms with Crippen molar-refractivity contribution < 1.29 is 8.78 Å². The highest BCUT2D eigenvalue weighted by atomic mass is 19.1. The summed E-state index contributed by atoms with van der Waals surface area (Å²) in [6.45, 7) is 2.09. The van der Waals surface area contributed by atoms with Gasteiger partial charge in [-0.05, 0) is 110 Å². The highest BCUT2D eigenvalue weighted by molar-refractivity contribution is 6.14. The average Bonchev–Trinajstić information content (AvgIpc) is 4.09. The maximum absolute atomic E-state index is 16.3. The van der Waals surface area contributed by atoms with Crippen molar-refractivity contribution in [1.82, 2.24) is 18.3 Å². The second-order valence-corrected chi connectivity index (χ2v) is 17.5. The Hall–Kier alpha value is -8.74. The number of benzene rings is 10. The van der Waals surface area contributed by atoms with Crippen molar-refractivity contribution in [2.24, 2.45) is 0 Å². The molecule has 0 fully saturated rings. The molecule has 4 heterocycles. The Morgan fingerprint density at radius 1 is 0.299 bits per heavy atom. The quantitative estimate of drug-likeness (QED) is 0.164. The Labute approximate surface area is 383 Å². The van der Waals surface area contributed by atoms with Crippen molar-refractivity contribution in [3.8, 4) is 33.9 Å². The van der Waals surface area contributed by atoms with Crippen LogP contribution in [0.4, 0.5) is 8.78 Å². The lowest BCUT2D eigenvalue weighted by atomic mass is 9.97. The summed E-state index contributed by atoms with van der Waals surface area (Å²) in [5, 5.41) is 9.10. The summed E-state index contributed by atoms with van der Waals surface area (Å²) in [7, 11) is 0. The molecule has 67 heavy (non-hydrogen) atoms. The molecule has 6 heteroatoms. The Balaban J connectivity index is 1.05. The lowest BCUT2D eigenvalue weighted by Crippen LogP contribution is -2.07. The van der Waals surface area contributed by atoms with Gasteiger partial charge in [-0.1, -0.05) is 115 Å². The second kappa shape index (κ2) is 14.1. The van der Waals surface area contributed by atoms with Gasteiger partial charge in [0, 0.05) is 60.0 Å². The van der Waals surface area contributed by atoms with E-state index in [9.17, 15) is 0 Å². The highest BCUT2D eigenvalue weighted by Gasteiger charge is 2.26. The third kappa shape index (κ3) is 5.26. The number of hydrogen-bond donors (Lipinski definition) is 0. The van der Waals surface area contributed by atoms with Crippen LogP contribution < -0.4 is 0 Å². The Bertz CT molecular complexity index is 4260. The van der Waals surface area contributed by atoms with Gasteiger partial charge in [0.1, 0.15) is 11.6 Å². The molecule has 0 saturated heterocycles. The van der Waals surface area contributed by atoms with Gasteiger partial charge < -0.3 is 18.3 Å². The monoisotopic (exact) mass is 864 g/mol. The summed E-state index contributed by atoms with van der Waals surface area (Å²) in [6.07, 6.45) is 0. The molecule has 0 saturated carbocycles. The van der Waals surface area contributed by atoms with Crippen LogP contribution in [0.15, 0.2) is 212 Å². The highest BCUT2D eigenvalue weighted by Crippen LogP contribution is 2.44. The smallest absolute Gasteiger partial charge is 0.134 e. The van der Waals surface area contributed by atoms with Crippen molar-refractivity contribution in [3.05, 3.63) is 230 Å². The van der Waals surface area contributed by atoms with E-state index in [-0.39, 0.29) is 5.56 Å². The van der Waals surface area contributed by atoms with Crippen molar-refractivity contribution >= 4 is 87.2 Å². The lowest BCUT2D eigenvalue weighted by molar-refractivity contribution is 0.589. The Morgan fingerprint density at radius 3 is 1.07 bits per heavy atom. The Kier molecular flexibility index (Phi) is 7.93. The minimum absolute atomic E-state index is 0.0574. The van der Waals surface area contributed by atoms with E-state index in [1.54, 1.807) is 0 Å². The van der Waals surface area contributed by atoms with Crippen molar-refractivity contribution in [2.45, 2.75) is 6.92 Å². The van der Waals surface area contributed by atoms with Gasteiger partial charge in [0.15, 0.2) is 0 Å². The van der Waals surface area contributed by atoms with E-state index in [1.165, 1.54) is 39.7 Å². The van der Waals surface area contributed by atoms with E-state index in [0.717, 1.165) is 88.3 Å². The van der Waals surface area contributed by atoms with Crippen LogP contribution in [0.25, 0.3) is 121 Å². The maximum atomic E-state index is 16.3. The standard InChI is InChI=1S/C61H38F2N4/c1-37-51(66-56-27-12-6-19-44(56)47-35-38(29-32-58(47)66)64-52-23-8-2-15-40(52)41-16-3-9-24-53(41)64)34-31-46(60-49(62)21-14-22-50(60)63)61(37)67-57-28-13-7-20-45(57)48-36-39(30-33-59(48)67)65-54-25-10-4-17-42(54)43-18-5-11-26-55(43)65/h2-36H,1H3. The molecule has 316 valence electrons. The van der Waals surface area contributed by atoms with Gasteiger partial charge in [-0.15, -0.1) is 0 Å². The number of para-hydroxylation sites is 6. The van der Waals surface area contributed by atoms with Crippen molar-refractivity contribution in [3.63, 3.8) is 0 Å². The second-order valence-electron chi connectivity index (χ2n) is 17.5. The van der Waals surface area contributed by atoms with Gasteiger partial charge in [0.2, 0.25) is 0 Å². The zero-order valence-electron chi connectivity index (χ0n) is 36.3. The van der Waals surface area contributed by atoms with Crippen LogP contribution in [-0.4, -0.2) is 18.3 Å². The molecule has 0 N–H and O–H groups in total. The van der Waals surface area contributed by atoms with E-state index in [4.69, 9.17) is 0 Å². The summed E-state index contributed by atoms with van der Waals surface area (Å²) >= 11 is 0. The van der Waals surface area contributed by atoms with Crippen LogP contribution in [0.3, 0.4) is 0 Å². The predicted octanol–water partition coefficient (Wildman–Crippen LogP) is 16.3. The fourth-order valence-electron chi connectivity index (χ4n) is 11.3. The van der Waals surface area contributed by atoms with Gasteiger partial charge in [0.05, 0.1) is 61.1 Å². The fourth-order valence-corrected chi connectivity index (χ4v) is 11.3. The minimum Gasteiger partial charge on any atom is -0.309 e. The summed E-state index contributed by atoms with van der Waals surface area (Å²) < 4.78 is 41.7. The number of aromatic nitrogens is 4. The zero-order chi connectivity index (χ0) is 44.5. The first-order valence-electron chi connectivity index (χ1n) is 22.7. The van der Waals surface area contributed by atoms with Crippen LogP contribution in [0.5, 0.6) is 0 Å². The van der Waals surface area contributed by atoms with Gasteiger partial charge >= 0.3 is 0 Å². The first-order valence-corrected chi connectivity index (χ1v) is 22.7. The number of rotatable bonds is 5. The molecule has 0 aliphatic carbocycles. The molecular formula is C61H38F2N4. The third-order valence-electron chi connectivity index (χ3n) is 14.1. The van der Waals surface area contributed by atoms with E-state index in [1.807, 2.05) is 18.2 Å². The molecule has 10 aromatic carbocycles. The largest absolute Gasteiger partial charge is 0.309 e. The normalized spacial score (nSPS) is 12.1. The third-order valence-corrected chi connectivity index (χ3v) is 14.1. The van der Waals surface area contributed by atoms with Crippen LogP contribution in [0, 0.1) is 18.6 Å². The molecule has 14 rings (SSSR count). The fraction of sp³-hybridized carbons (Fsp3) is 0.0164. The molecule has 0 bridgehead atoms. The molecule has 0 radical (unpaired) electrons. The molecule has 0 aliphatic rings. The summed E-state index contributed by atoms with van der Waals surface area (Å²) in [5.74, 6) is -1.23. The van der Waals surface area contributed by atoms with E-state index in [2.05, 4.69) is 201 Å². The molecule has 0 atom stereocenters. The molecular weight excluding hydrogens is 827 g/mol. The molecule has 0 spiro atoms. The van der Waals surface area contributed by atoms with Crippen LogP contribution in [0.2, 0.25) is 0 Å². The van der Waals surface area contributed by atoms with Gasteiger partial charge in [0.25, 0.3) is 0 Å². The lowest BCUT2D eigenvalue weighted by Gasteiger charge is -2.22. The predicted molar refractivity (Wildman–Crippen MR) is 274 cm³/mol. The van der Waals surface area contributed by atoms with E-state index >= 15 is 8.78 Å². The first kappa shape index (κ1) is 37.6. The summed E-state index contributed by atoms with van der Waals surface area (Å²) in [5.41, 5.74) is 13.5. The maximum Gasteiger partial charge on any atom is 0.134 e. The van der Waals surface area contributed by atoms with Crippen molar-refractivity contribution in [1.29, 1.82) is 0 Å². The number of hydrogen-bond acceptors (Lipinski definition) is 0. The van der Waals surface area contributed by atoms with Gasteiger partial charge in [-0.25, -0.2) is 8.78 Å². The van der Waals surface area contributed by atoms with Crippen molar-refractivity contribution in [2.75, 3.05) is 0 Å². The van der Waals surface area contributed by atoms with Gasteiger partial charge in [-0.2, -0.15) is 0 Å². The molecule has 0 unspecified atom stereocenters. The summed E-state index contributed by atoms with van der Waals surface area (Å²) in [4.78, 5) is 0. The zero-order valence-corrected chi connectivity index (χ0v) is 36.3. The topological polar surface area (TPSA) is 19.7 Å². The average molecular weight is 865 g/mol. The number of halogens is 2. The summed E-state index contributed by atoms with van der Waals surface area (Å²) in [6, 6.07) is 72.4. The number of nitrogens with zero attached hydrogens (tertiary/aromatic N) is 4.